The Morgan fingerprint density at radius 3 is 2.69 bits per heavy atom. The van der Waals surface area contributed by atoms with Crippen LogP contribution in [0.25, 0.3) is 16.0 Å². The Labute approximate surface area is 167 Å². The highest BCUT2D eigenvalue weighted by atomic mass is 32.1. The number of thiophene rings is 1. The molecule has 148 valence electrons. The van der Waals surface area contributed by atoms with Crippen LogP contribution in [0.15, 0.2) is 60.9 Å². The molecule has 0 atom stereocenters. The molecule has 2 N–H and O–H groups in total. The molecule has 29 heavy (non-hydrogen) atoms. The number of carbonyl (C=O) groups excluding carboxylic acids is 1. The van der Waals surface area contributed by atoms with Crippen molar-refractivity contribution in [3.05, 3.63) is 76.9 Å². The molecule has 0 saturated carbocycles. The van der Waals surface area contributed by atoms with Crippen LogP contribution in [0.4, 0.5) is 13.2 Å². The Bertz CT molecular complexity index is 1200. The number of hydrogen-bond acceptors (Lipinski definition) is 4. The largest absolute Gasteiger partial charge is 0.487 e. The average Bonchev–Trinajstić information content (AvgIpc) is 3.30. The van der Waals surface area contributed by atoms with E-state index in [0.29, 0.717) is 4.88 Å². The third kappa shape index (κ3) is 3.68. The first kappa shape index (κ1) is 19.0. The molecule has 0 bridgehead atoms. The number of pyridine rings is 1. The Morgan fingerprint density at radius 1 is 1.17 bits per heavy atom. The second-order valence-corrected chi connectivity index (χ2v) is 7.25. The number of carbonyl (C=O) groups is 1. The van der Waals surface area contributed by atoms with Crippen LogP contribution in [-0.4, -0.2) is 15.5 Å². The maximum Gasteiger partial charge on any atom is 0.416 e. The molecule has 3 heterocycles. The van der Waals surface area contributed by atoms with Crippen molar-refractivity contribution < 1.29 is 22.7 Å². The van der Waals surface area contributed by atoms with E-state index in [-0.39, 0.29) is 22.8 Å². The van der Waals surface area contributed by atoms with Gasteiger partial charge in [0.2, 0.25) is 0 Å². The predicted octanol–water partition coefficient (Wildman–Crippen LogP) is 4.76. The lowest BCUT2D eigenvalue weighted by atomic mass is 10.1. The van der Waals surface area contributed by atoms with Gasteiger partial charge in [-0.25, -0.2) is 4.52 Å². The van der Waals surface area contributed by atoms with Gasteiger partial charge in [0.15, 0.2) is 0 Å². The summed E-state index contributed by atoms with van der Waals surface area (Å²) in [6, 6.07) is 12.3. The second kappa shape index (κ2) is 7.25. The average molecular weight is 417 g/mol. The van der Waals surface area contributed by atoms with Gasteiger partial charge in [-0.15, -0.1) is 11.3 Å². The smallest absolute Gasteiger partial charge is 0.416 e. The third-order valence-corrected chi connectivity index (χ3v) is 5.48. The molecule has 4 rings (SSSR count). The van der Waals surface area contributed by atoms with E-state index in [9.17, 15) is 18.0 Å². The monoisotopic (exact) mass is 417 g/mol. The van der Waals surface area contributed by atoms with E-state index < -0.39 is 17.6 Å². The number of nitrogens with zero attached hydrogens (tertiary/aromatic N) is 2. The first-order chi connectivity index (χ1) is 13.8. The zero-order valence-electron chi connectivity index (χ0n) is 14.8. The van der Waals surface area contributed by atoms with Crippen LogP contribution in [0.1, 0.15) is 20.8 Å². The van der Waals surface area contributed by atoms with E-state index in [4.69, 9.17) is 10.5 Å². The highest BCUT2D eigenvalue weighted by Gasteiger charge is 2.33. The number of halogens is 3. The predicted molar refractivity (Wildman–Crippen MR) is 103 cm³/mol. The molecule has 0 radical (unpaired) electrons. The van der Waals surface area contributed by atoms with Crippen molar-refractivity contribution >= 4 is 22.8 Å². The fraction of sp³-hybridized carbons (Fsp3) is 0.100. The molecule has 1 amide bonds. The number of nitrogens with two attached hydrogens (primary N) is 1. The summed E-state index contributed by atoms with van der Waals surface area (Å²) in [4.78, 5) is 12.7. The Balaban J connectivity index is 1.68. The number of benzene rings is 1. The number of primary amides is 1. The summed E-state index contributed by atoms with van der Waals surface area (Å²) in [7, 11) is 0. The lowest BCUT2D eigenvalue weighted by Crippen LogP contribution is -2.13. The summed E-state index contributed by atoms with van der Waals surface area (Å²) in [6.45, 7) is -0.346. The minimum atomic E-state index is -4.50. The molecular formula is C20H14F3N3O2S. The molecule has 0 aliphatic heterocycles. The highest BCUT2D eigenvalue weighted by Crippen LogP contribution is 2.39. The van der Waals surface area contributed by atoms with Gasteiger partial charge in [-0.3, -0.25) is 4.79 Å². The maximum atomic E-state index is 13.2. The van der Waals surface area contributed by atoms with Gasteiger partial charge < -0.3 is 10.5 Å². The van der Waals surface area contributed by atoms with Gasteiger partial charge >= 0.3 is 6.18 Å². The molecular weight excluding hydrogens is 403 g/mol. The Kier molecular flexibility index (Phi) is 4.75. The molecule has 0 saturated heterocycles. The van der Waals surface area contributed by atoms with Gasteiger partial charge in [-0.05, 0) is 24.3 Å². The quantitative estimate of drug-likeness (QED) is 0.509. The van der Waals surface area contributed by atoms with Gasteiger partial charge in [-0.1, -0.05) is 24.3 Å². The van der Waals surface area contributed by atoms with Crippen LogP contribution in [-0.2, 0) is 12.8 Å². The maximum absolute atomic E-state index is 13.2. The molecule has 0 spiro atoms. The summed E-state index contributed by atoms with van der Waals surface area (Å²) >= 11 is 1.11. The first-order valence-electron chi connectivity index (χ1n) is 8.49. The number of hydrogen-bond donors (Lipinski definition) is 1. The summed E-state index contributed by atoms with van der Waals surface area (Å²) < 4.78 is 46.8. The van der Waals surface area contributed by atoms with E-state index >= 15 is 0 Å². The minimum absolute atomic E-state index is 0.0286. The van der Waals surface area contributed by atoms with E-state index in [1.165, 1.54) is 18.2 Å². The van der Waals surface area contributed by atoms with Gasteiger partial charge in [0.25, 0.3) is 5.91 Å². The van der Waals surface area contributed by atoms with Crippen molar-refractivity contribution in [3.8, 4) is 16.2 Å². The van der Waals surface area contributed by atoms with Gasteiger partial charge in [0.05, 0.1) is 17.3 Å². The van der Waals surface area contributed by atoms with Crippen molar-refractivity contribution in [1.29, 1.82) is 0 Å². The van der Waals surface area contributed by atoms with E-state index in [2.05, 4.69) is 5.10 Å². The fourth-order valence-electron chi connectivity index (χ4n) is 2.99. The van der Waals surface area contributed by atoms with Crippen LogP contribution in [0.2, 0.25) is 0 Å². The standard InChI is InChI=1S/C20H14F3N3O2S/c21-20(22,23)14-6-2-1-5-12(14)11-28-16-9-17(29-18(16)19(24)27)13-10-25-26-8-4-3-7-15(13)26/h1-10H,11H2,(H2,24,27). The van der Waals surface area contributed by atoms with E-state index in [1.54, 1.807) is 23.0 Å². The normalized spacial score (nSPS) is 11.7. The summed E-state index contributed by atoms with van der Waals surface area (Å²) in [5.41, 5.74) is 6.23. The first-order valence-corrected chi connectivity index (χ1v) is 9.30. The minimum Gasteiger partial charge on any atom is -0.487 e. The number of rotatable bonds is 5. The number of amides is 1. The highest BCUT2D eigenvalue weighted by molar-refractivity contribution is 7.17. The number of alkyl halides is 3. The van der Waals surface area contributed by atoms with Crippen molar-refractivity contribution in [2.24, 2.45) is 5.73 Å². The van der Waals surface area contributed by atoms with Crippen molar-refractivity contribution in [2.75, 3.05) is 0 Å². The number of fused-ring (bicyclic) bond motifs is 1. The number of ether oxygens (including phenoxy) is 1. The molecule has 0 fully saturated rings. The number of aromatic nitrogens is 2. The molecule has 1 aromatic carbocycles. The van der Waals surface area contributed by atoms with Crippen molar-refractivity contribution in [1.82, 2.24) is 9.61 Å². The Morgan fingerprint density at radius 2 is 1.93 bits per heavy atom. The van der Waals surface area contributed by atoms with Crippen LogP contribution in [0.5, 0.6) is 5.75 Å². The zero-order valence-corrected chi connectivity index (χ0v) is 15.6. The van der Waals surface area contributed by atoms with Crippen LogP contribution in [0, 0.1) is 0 Å². The third-order valence-electron chi connectivity index (χ3n) is 4.32. The summed E-state index contributed by atoms with van der Waals surface area (Å²) in [6.07, 6.45) is -1.06. The summed E-state index contributed by atoms with van der Waals surface area (Å²) in [5.74, 6) is -0.568. The fourth-order valence-corrected chi connectivity index (χ4v) is 3.96. The summed E-state index contributed by atoms with van der Waals surface area (Å²) in [5, 5.41) is 4.25. The molecule has 5 nitrogen and oxygen atoms in total. The lowest BCUT2D eigenvalue weighted by molar-refractivity contribution is -0.138. The topological polar surface area (TPSA) is 69.6 Å². The van der Waals surface area contributed by atoms with Crippen LogP contribution < -0.4 is 10.5 Å². The van der Waals surface area contributed by atoms with E-state index in [0.717, 1.165) is 28.5 Å². The Hall–Kier alpha value is -3.33. The molecule has 0 aliphatic carbocycles. The molecule has 9 heteroatoms. The van der Waals surface area contributed by atoms with Gasteiger partial charge in [0.1, 0.15) is 17.2 Å². The second-order valence-electron chi connectivity index (χ2n) is 6.20. The lowest BCUT2D eigenvalue weighted by Gasteiger charge is -2.13. The van der Waals surface area contributed by atoms with Crippen LogP contribution >= 0.6 is 11.3 Å². The van der Waals surface area contributed by atoms with Gasteiger partial charge in [-0.2, -0.15) is 18.3 Å². The molecule has 0 aliphatic rings. The van der Waals surface area contributed by atoms with Crippen LogP contribution in [0.3, 0.4) is 0 Å². The molecule has 3 aromatic heterocycles. The zero-order chi connectivity index (χ0) is 20.6. The van der Waals surface area contributed by atoms with E-state index in [1.807, 2.05) is 18.2 Å². The molecule has 4 aromatic rings. The van der Waals surface area contributed by atoms with Crippen molar-refractivity contribution in [2.45, 2.75) is 12.8 Å². The van der Waals surface area contributed by atoms with Crippen molar-refractivity contribution in [3.63, 3.8) is 0 Å². The van der Waals surface area contributed by atoms with Gasteiger partial charge in [0, 0.05) is 22.2 Å². The molecule has 0 unspecified atom stereocenters. The SMILES string of the molecule is NC(=O)c1sc(-c2cnn3ccccc23)cc1OCc1ccccc1C(F)(F)F.